The number of rotatable bonds is 5. The van der Waals surface area contributed by atoms with Gasteiger partial charge in [0, 0.05) is 11.9 Å². The Labute approximate surface area is 147 Å². The molecule has 1 aromatic carbocycles. The summed E-state index contributed by atoms with van der Waals surface area (Å²) in [6.07, 6.45) is 2.96. The van der Waals surface area contributed by atoms with E-state index in [2.05, 4.69) is 5.10 Å². The molecule has 0 aliphatic carbocycles. The smallest absolute Gasteiger partial charge is 0.430 e. The quantitative estimate of drug-likeness (QED) is 0.774. The normalized spacial score (nSPS) is 11.4. The van der Waals surface area contributed by atoms with Crippen LogP contribution >= 0.6 is 0 Å². The first-order chi connectivity index (χ1) is 11.8. The predicted molar refractivity (Wildman–Crippen MR) is 95.3 cm³/mol. The molecule has 136 valence electrons. The van der Waals surface area contributed by atoms with Gasteiger partial charge in [0.05, 0.1) is 18.9 Å². The average molecular weight is 347 g/mol. The van der Waals surface area contributed by atoms with Crippen molar-refractivity contribution in [2.75, 3.05) is 18.7 Å². The Balaban J connectivity index is 2.43. The number of aromatic nitrogens is 2. The molecule has 0 atom stereocenters. The van der Waals surface area contributed by atoms with Gasteiger partial charge in [0.2, 0.25) is 0 Å². The highest BCUT2D eigenvalue weighted by molar-refractivity contribution is 6.02. The van der Waals surface area contributed by atoms with Crippen molar-refractivity contribution in [3.05, 3.63) is 30.0 Å². The monoisotopic (exact) mass is 347 g/mol. The van der Waals surface area contributed by atoms with Crippen LogP contribution in [0, 0.1) is 0 Å². The number of carbonyl (C=O) groups is 2. The van der Waals surface area contributed by atoms with Crippen molar-refractivity contribution in [3.63, 3.8) is 0 Å². The van der Waals surface area contributed by atoms with Crippen LogP contribution in [0.25, 0.3) is 10.9 Å². The van der Waals surface area contributed by atoms with Crippen LogP contribution in [0.3, 0.4) is 0 Å². The number of methoxy groups -OCH3 is 1. The van der Waals surface area contributed by atoms with Gasteiger partial charge in [-0.05, 0) is 33.3 Å². The molecular weight excluding hydrogens is 322 g/mol. The Morgan fingerprint density at radius 2 is 2.00 bits per heavy atom. The second-order valence-electron chi connectivity index (χ2n) is 6.74. The Bertz CT molecular complexity index is 761. The fourth-order valence-electron chi connectivity index (χ4n) is 2.33. The van der Waals surface area contributed by atoms with Gasteiger partial charge < -0.3 is 9.47 Å². The summed E-state index contributed by atoms with van der Waals surface area (Å²) in [6, 6.07) is 5.23. The minimum absolute atomic E-state index is 0.360. The second kappa shape index (κ2) is 7.55. The molecule has 7 heteroatoms. The number of ether oxygens (including phenoxy) is 2. The third-order valence-corrected chi connectivity index (χ3v) is 3.50. The summed E-state index contributed by atoms with van der Waals surface area (Å²) in [5, 5.41) is 6.61. The first kappa shape index (κ1) is 18.8. The lowest BCUT2D eigenvalue weighted by atomic mass is 10.1. The fourth-order valence-corrected chi connectivity index (χ4v) is 2.33. The number of fused-ring (bicyclic) bond motifs is 1. The van der Waals surface area contributed by atoms with Crippen LogP contribution in [0.2, 0.25) is 0 Å². The van der Waals surface area contributed by atoms with E-state index < -0.39 is 17.7 Å². The molecule has 0 radical (unpaired) electrons. The summed E-state index contributed by atoms with van der Waals surface area (Å²) in [4.78, 5) is 25.9. The molecule has 1 heterocycles. The Hall–Kier alpha value is -2.57. The third-order valence-electron chi connectivity index (χ3n) is 3.50. The Morgan fingerprint density at radius 1 is 1.28 bits per heavy atom. The predicted octanol–water partition coefficient (Wildman–Crippen LogP) is 3.50. The molecule has 0 fully saturated rings. The summed E-state index contributed by atoms with van der Waals surface area (Å²) in [7, 11) is 1.33. The molecule has 1 aromatic heterocycles. The minimum atomic E-state index is -0.606. The first-order valence-electron chi connectivity index (χ1n) is 8.34. The molecule has 2 aromatic rings. The van der Waals surface area contributed by atoms with Crippen molar-refractivity contribution >= 4 is 23.0 Å². The molecule has 0 unspecified atom stereocenters. The van der Waals surface area contributed by atoms with E-state index in [1.807, 2.05) is 33.8 Å². The molecule has 25 heavy (non-hydrogen) atoms. The lowest BCUT2D eigenvalue weighted by Crippen LogP contribution is -2.44. The van der Waals surface area contributed by atoms with Crippen LogP contribution in [0.5, 0.6) is 0 Å². The van der Waals surface area contributed by atoms with E-state index in [0.717, 1.165) is 18.2 Å². The van der Waals surface area contributed by atoms with Gasteiger partial charge in [-0.1, -0.05) is 25.5 Å². The lowest BCUT2D eigenvalue weighted by molar-refractivity contribution is 0.0530. The lowest BCUT2D eigenvalue weighted by Gasteiger charge is -2.26. The van der Waals surface area contributed by atoms with Crippen LogP contribution in [-0.2, 0) is 9.47 Å². The van der Waals surface area contributed by atoms with Crippen molar-refractivity contribution in [1.82, 2.24) is 9.89 Å². The van der Waals surface area contributed by atoms with Crippen molar-refractivity contribution < 1.29 is 19.1 Å². The summed E-state index contributed by atoms with van der Waals surface area (Å²) in [5.74, 6) is -0.465. The van der Waals surface area contributed by atoms with E-state index in [9.17, 15) is 9.59 Å². The van der Waals surface area contributed by atoms with Crippen molar-refractivity contribution in [1.29, 1.82) is 0 Å². The maximum atomic E-state index is 12.6. The summed E-state index contributed by atoms with van der Waals surface area (Å²) >= 11 is 0. The summed E-state index contributed by atoms with van der Waals surface area (Å²) in [6.45, 7) is 7.96. The maximum Gasteiger partial charge on any atom is 0.430 e. The molecule has 1 amide bonds. The number of carbonyl (C=O) groups excluding carboxylic acids is 2. The molecule has 0 saturated heterocycles. The van der Waals surface area contributed by atoms with Gasteiger partial charge in [-0.25, -0.2) is 9.59 Å². The van der Waals surface area contributed by atoms with Gasteiger partial charge >= 0.3 is 12.1 Å². The van der Waals surface area contributed by atoms with E-state index in [4.69, 9.17) is 9.47 Å². The number of nitrogens with zero attached hydrogens (tertiary/aromatic N) is 3. The summed E-state index contributed by atoms with van der Waals surface area (Å²) < 4.78 is 10.3. The third kappa shape index (κ3) is 4.49. The van der Waals surface area contributed by atoms with E-state index in [0.29, 0.717) is 17.6 Å². The largest absolute Gasteiger partial charge is 0.465 e. The highest BCUT2D eigenvalue weighted by Crippen LogP contribution is 2.19. The molecule has 7 nitrogen and oxygen atoms in total. The van der Waals surface area contributed by atoms with Crippen LogP contribution in [0.4, 0.5) is 4.79 Å². The van der Waals surface area contributed by atoms with Gasteiger partial charge in [-0.2, -0.15) is 14.9 Å². The van der Waals surface area contributed by atoms with Crippen LogP contribution in [0.1, 0.15) is 50.9 Å². The SMILES string of the molecule is CCCCN(C(=O)OC(C)(C)C)n1cc2cccc(C(=O)OC)c2n1. The highest BCUT2D eigenvalue weighted by Gasteiger charge is 2.24. The van der Waals surface area contributed by atoms with Gasteiger partial charge in [0.25, 0.3) is 0 Å². The fraction of sp³-hybridized carbons (Fsp3) is 0.500. The summed E-state index contributed by atoms with van der Waals surface area (Å²) in [5.41, 5.74) is 0.239. The van der Waals surface area contributed by atoms with E-state index in [1.54, 1.807) is 18.3 Å². The number of unbranched alkanes of at least 4 members (excludes halogenated alkanes) is 1. The Morgan fingerprint density at radius 3 is 2.60 bits per heavy atom. The van der Waals surface area contributed by atoms with E-state index >= 15 is 0 Å². The molecule has 0 spiro atoms. The molecule has 0 aliphatic heterocycles. The van der Waals surface area contributed by atoms with Gasteiger partial charge in [0.1, 0.15) is 11.1 Å². The zero-order chi connectivity index (χ0) is 18.6. The highest BCUT2D eigenvalue weighted by atomic mass is 16.6. The second-order valence-corrected chi connectivity index (χ2v) is 6.74. The van der Waals surface area contributed by atoms with Crippen LogP contribution in [0.15, 0.2) is 24.4 Å². The standard InChI is InChI=1S/C18H25N3O4/c1-6-7-11-20(17(23)25-18(2,3)4)21-12-13-9-8-10-14(15(13)19-21)16(22)24-5/h8-10,12H,6-7,11H2,1-5H3. The van der Waals surface area contributed by atoms with E-state index in [1.165, 1.54) is 16.9 Å². The van der Waals surface area contributed by atoms with Crippen LogP contribution < -0.4 is 5.01 Å². The van der Waals surface area contributed by atoms with E-state index in [-0.39, 0.29) is 0 Å². The average Bonchev–Trinajstić information content (AvgIpc) is 2.96. The number of esters is 1. The van der Waals surface area contributed by atoms with Gasteiger partial charge in [0.15, 0.2) is 0 Å². The zero-order valence-electron chi connectivity index (χ0n) is 15.4. The first-order valence-corrected chi connectivity index (χ1v) is 8.34. The van der Waals surface area contributed by atoms with Crippen molar-refractivity contribution in [2.45, 2.75) is 46.1 Å². The Kier molecular flexibility index (Phi) is 5.66. The molecular formula is C18H25N3O4. The number of hydrogen-bond donors (Lipinski definition) is 0. The molecule has 2 rings (SSSR count). The topological polar surface area (TPSA) is 73.7 Å². The van der Waals surface area contributed by atoms with Crippen LogP contribution in [-0.4, -0.2) is 41.2 Å². The zero-order valence-corrected chi connectivity index (χ0v) is 15.4. The number of hydrogen-bond acceptors (Lipinski definition) is 5. The minimum Gasteiger partial charge on any atom is -0.465 e. The molecule has 0 saturated carbocycles. The van der Waals surface area contributed by atoms with Crippen molar-refractivity contribution in [2.24, 2.45) is 0 Å². The molecule has 0 bridgehead atoms. The van der Waals surface area contributed by atoms with Crippen molar-refractivity contribution in [3.8, 4) is 0 Å². The molecule has 0 N–H and O–H groups in total. The van der Waals surface area contributed by atoms with Gasteiger partial charge in [-0.3, -0.25) is 0 Å². The number of benzene rings is 1. The van der Waals surface area contributed by atoms with Gasteiger partial charge in [-0.15, -0.1) is 0 Å². The number of amides is 1. The molecule has 0 aliphatic rings. The maximum absolute atomic E-state index is 12.6.